The third-order valence-electron chi connectivity index (χ3n) is 2.95. The van der Waals surface area contributed by atoms with E-state index >= 15 is 0 Å². The summed E-state index contributed by atoms with van der Waals surface area (Å²) in [6.07, 6.45) is 3.76. The van der Waals surface area contributed by atoms with Crippen LogP contribution in [0.5, 0.6) is 5.75 Å². The first kappa shape index (κ1) is 20.4. The van der Waals surface area contributed by atoms with Crippen LogP contribution in [-0.4, -0.2) is 41.4 Å². The lowest BCUT2D eigenvalue weighted by molar-refractivity contribution is 0.315. The van der Waals surface area contributed by atoms with Gasteiger partial charge in [0.15, 0.2) is 0 Å². The van der Waals surface area contributed by atoms with Gasteiger partial charge in [-0.3, -0.25) is 9.96 Å². The first-order chi connectivity index (χ1) is 11.7. The van der Waals surface area contributed by atoms with Crippen LogP contribution in [0, 0.1) is 5.41 Å². The first-order valence-electron chi connectivity index (χ1n) is 7.20. The van der Waals surface area contributed by atoms with Crippen molar-refractivity contribution in [3.05, 3.63) is 65.2 Å². The molecule has 0 radical (unpaired) electrons. The van der Waals surface area contributed by atoms with Gasteiger partial charge in [0.2, 0.25) is 0 Å². The minimum atomic E-state index is -3.92. The summed E-state index contributed by atoms with van der Waals surface area (Å²) >= 11 is 0. The van der Waals surface area contributed by atoms with E-state index in [1.54, 1.807) is 6.07 Å². The van der Waals surface area contributed by atoms with Crippen molar-refractivity contribution < 1.29 is 23.2 Å². The number of nitrogens with one attached hydrogen (secondary N) is 1. The van der Waals surface area contributed by atoms with Gasteiger partial charge in [-0.15, -0.1) is 0 Å². The Morgan fingerprint density at radius 1 is 1.08 bits per heavy atom. The molecule has 0 amide bonds. The Morgan fingerprint density at radius 3 is 2.20 bits per heavy atom. The molecule has 0 heterocycles. The Balaban J connectivity index is 0.000000381. The van der Waals surface area contributed by atoms with Gasteiger partial charge in [-0.05, 0) is 17.2 Å². The lowest BCUT2D eigenvalue weighted by Gasteiger charge is -2.06. The van der Waals surface area contributed by atoms with Gasteiger partial charge < -0.3 is 15.9 Å². The molecule has 2 aromatic rings. The van der Waals surface area contributed by atoms with Crippen molar-refractivity contribution in [2.24, 2.45) is 5.73 Å². The van der Waals surface area contributed by atoms with Crippen LogP contribution < -0.4 is 5.73 Å². The van der Waals surface area contributed by atoms with Gasteiger partial charge in [-0.2, -0.15) is 8.42 Å². The van der Waals surface area contributed by atoms with Crippen LogP contribution in [0.1, 0.15) is 16.7 Å². The molecule has 0 spiro atoms. The second-order valence-electron chi connectivity index (χ2n) is 4.91. The number of phenols is 1. The van der Waals surface area contributed by atoms with Crippen LogP contribution in [0.25, 0.3) is 12.2 Å². The molecular weight excluding hydrogens is 344 g/mol. The number of hydrogen-bond acceptors (Lipinski definition) is 5. The van der Waals surface area contributed by atoms with Crippen LogP contribution in [0.4, 0.5) is 0 Å². The quantitative estimate of drug-likeness (QED) is 0.236. The lowest BCUT2D eigenvalue weighted by Crippen LogP contribution is -2.12. The van der Waals surface area contributed by atoms with Crippen LogP contribution in [-0.2, 0) is 10.1 Å². The predicted molar refractivity (Wildman–Crippen MR) is 98.0 cm³/mol. The SMILES string of the molecule is N=C(N)c1c(O)cccc1C=Cc1ccccc1.O=S(=O)(O)CCO. The maximum absolute atomic E-state index is 9.70. The molecule has 0 aliphatic carbocycles. The molecule has 0 aliphatic heterocycles. The summed E-state index contributed by atoms with van der Waals surface area (Å²) < 4.78 is 27.1. The smallest absolute Gasteiger partial charge is 0.267 e. The van der Waals surface area contributed by atoms with E-state index < -0.39 is 22.5 Å². The molecule has 2 rings (SSSR count). The third kappa shape index (κ3) is 7.62. The molecule has 25 heavy (non-hydrogen) atoms. The van der Waals surface area contributed by atoms with Gasteiger partial charge in [0, 0.05) is 0 Å². The number of nitrogens with two attached hydrogens (primary N) is 1. The zero-order valence-corrected chi connectivity index (χ0v) is 14.1. The van der Waals surface area contributed by atoms with E-state index in [-0.39, 0.29) is 11.6 Å². The summed E-state index contributed by atoms with van der Waals surface area (Å²) in [7, 11) is -3.92. The standard InChI is InChI=1S/C15H14N2O.C2H6O4S/c16-15(17)14-12(7-4-8-13(14)18)10-9-11-5-2-1-3-6-11;3-1-2-7(4,5)6/h1-10,18H,(H3,16,17);3H,1-2H2,(H,4,5,6). The molecule has 134 valence electrons. The summed E-state index contributed by atoms with van der Waals surface area (Å²) in [6, 6.07) is 14.9. The van der Waals surface area contributed by atoms with Crippen molar-refractivity contribution in [3.8, 4) is 5.75 Å². The number of aliphatic hydroxyl groups is 1. The minimum Gasteiger partial charge on any atom is -0.507 e. The average molecular weight is 364 g/mol. The highest BCUT2D eigenvalue weighted by Gasteiger charge is 2.07. The molecule has 0 aliphatic rings. The summed E-state index contributed by atoms with van der Waals surface area (Å²) in [5, 5.41) is 25.1. The molecule has 0 unspecified atom stereocenters. The molecule has 0 bridgehead atoms. The van der Waals surface area contributed by atoms with E-state index in [0.29, 0.717) is 5.56 Å². The topological polar surface area (TPSA) is 145 Å². The van der Waals surface area contributed by atoms with E-state index in [0.717, 1.165) is 11.1 Å². The molecule has 8 heteroatoms. The first-order valence-corrected chi connectivity index (χ1v) is 8.81. The van der Waals surface area contributed by atoms with Crippen LogP contribution >= 0.6 is 0 Å². The molecule has 0 atom stereocenters. The zero-order valence-electron chi connectivity index (χ0n) is 13.3. The predicted octanol–water partition coefficient (Wildman–Crippen LogP) is 1.71. The molecule has 0 aromatic heterocycles. The number of aromatic hydroxyl groups is 1. The highest BCUT2D eigenvalue weighted by molar-refractivity contribution is 7.85. The number of hydrogen-bond donors (Lipinski definition) is 5. The van der Waals surface area contributed by atoms with Crippen LogP contribution in [0.2, 0.25) is 0 Å². The number of aliphatic hydroxyl groups excluding tert-OH is 1. The van der Waals surface area contributed by atoms with Crippen molar-refractivity contribution in [1.29, 1.82) is 5.41 Å². The van der Waals surface area contributed by atoms with Crippen molar-refractivity contribution in [3.63, 3.8) is 0 Å². The average Bonchev–Trinajstić information content (AvgIpc) is 2.53. The normalized spacial score (nSPS) is 11.0. The highest BCUT2D eigenvalue weighted by atomic mass is 32.2. The fourth-order valence-corrected chi connectivity index (χ4v) is 2.09. The highest BCUT2D eigenvalue weighted by Crippen LogP contribution is 2.22. The van der Waals surface area contributed by atoms with Gasteiger partial charge >= 0.3 is 0 Å². The van der Waals surface area contributed by atoms with Gasteiger partial charge in [-0.1, -0.05) is 54.6 Å². The monoisotopic (exact) mass is 364 g/mol. The van der Waals surface area contributed by atoms with E-state index in [1.807, 2.05) is 48.6 Å². The molecule has 7 nitrogen and oxygen atoms in total. The second kappa shape index (κ2) is 9.58. The summed E-state index contributed by atoms with van der Waals surface area (Å²) in [5.74, 6) is -0.689. The molecule has 0 fully saturated rings. The number of nitrogen functional groups attached to an aromatic ring is 1. The second-order valence-corrected chi connectivity index (χ2v) is 6.48. The fraction of sp³-hybridized carbons (Fsp3) is 0.118. The number of rotatable bonds is 5. The third-order valence-corrected chi connectivity index (χ3v) is 3.65. The van der Waals surface area contributed by atoms with E-state index in [1.165, 1.54) is 6.07 Å². The van der Waals surface area contributed by atoms with Crippen molar-refractivity contribution in [2.75, 3.05) is 12.4 Å². The van der Waals surface area contributed by atoms with Crippen LogP contribution in [0.3, 0.4) is 0 Å². The molecule has 0 saturated carbocycles. The Labute approximate surface area is 146 Å². The van der Waals surface area contributed by atoms with Gasteiger partial charge in [-0.25, -0.2) is 0 Å². The molecule has 2 aromatic carbocycles. The number of amidine groups is 1. The zero-order chi connectivity index (χ0) is 18.9. The largest absolute Gasteiger partial charge is 0.507 e. The van der Waals surface area contributed by atoms with E-state index in [9.17, 15) is 13.5 Å². The number of phenolic OH excluding ortho intramolecular Hbond substituents is 1. The maximum Gasteiger partial charge on any atom is 0.267 e. The fourth-order valence-electron chi connectivity index (χ4n) is 1.86. The summed E-state index contributed by atoms with van der Waals surface area (Å²) in [6.45, 7) is -0.529. The number of benzene rings is 2. The minimum absolute atomic E-state index is 0.0257. The van der Waals surface area contributed by atoms with E-state index in [2.05, 4.69) is 0 Å². The summed E-state index contributed by atoms with van der Waals surface area (Å²) in [5.41, 5.74) is 7.62. The van der Waals surface area contributed by atoms with E-state index in [4.69, 9.17) is 20.8 Å². The van der Waals surface area contributed by atoms with Gasteiger partial charge in [0.05, 0.1) is 17.9 Å². The molecule has 6 N–H and O–H groups in total. The van der Waals surface area contributed by atoms with Crippen molar-refractivity contribution in [2.45, 2.75) is 0 Å². The summed E-state index contributed by atoms with van der Waals surface area (Å²) in [4.78, 5) is 0. The Hall–Kier alpha value is -2.68. The Bertz CT molecular complexity index is 833. The maximum atomic E-state index is 9.70. The van der Waals surface area contributed by atoms with Crippen molar-refractivity contribution in [1.82, 2.24) is 0 Å². The van der Waals surface area contributed by atoms with Gasteiger partial charge in [0.25, 0.3) is 10.1 Å². The molecule has 0 saturated heterocycles. The Morgan fingerprint density at radius 2 is 1.72 bits per heavy atom. The van der Waals surface area contributed by atoms with Gasteiger partial charge in [0.1, 0.15) is 11.6 Å². The molecular formula is C17H20N2O5S. The van der Waals surface area contributed by atoms with Crippen molar-refractivity contribution >= 4 is 28.1 Å². The van der Waals surface area contributed by atoms with Crippen LogP contribution in [0.15, 0.2) is 48.5 Å². The Kier molecular flexibility index (Phi) is 7.80. The lowest BCUT2D eigenvalue weighted by atomic mass is 10.0.